The summed E-state index contributed by atoms with van der Waals surface area (Å²) in [6.07, 6.45) is 46.1. The number of aliphatic hydroxyl groups excluding tert-OH is 1. The molecule has 0 heterocycles. The van der Waals surface area contributed by atoms with Crippen molar-refractivity contribution >= 4 is 39.5 Å². The van der Waals surface area contributed by atoms with E-state index in [4.69, 9.17) is 37.0 Å². The van der Waals surface area contributed by atoms with E-state index < -0.39 is 97.5 Å². The van der Waals surface area contributed by atoms with Gasteiger partial charge in [0.05, 0.1) is 26.4 Å². The predicted octanol–water partition coefficient (Wildman–Crippen LogP) is 20.9. The van der Waals surface area contributed by atoms with Crippen LogP contribution in [0.15, 0.2) is 0 Å². The Morgan fingerprint density at radius 3 is 0.772 bits per heavy atom. The Bertz CT molecular complexity index is 1820. The second kappa shape index (κ2) is 62.6. The number of carbonyl (C=O) groups excluding carboxylic acids is 4. The lowest BCUT2D eigenvalue weighted by atomic mass is 9.99. The van der Waals surface area contributed by atoms with Gasteiger partial charge in [-0.2, -0.15) is 0 Å². The Morgan fingerprint density at radius 1 is 0.304 bits per heavy atom. The van der Waals surface area contributed by atoms with Crippen molar-refractivity contribution in [1.29, 1.82) is 0 Å². The van der Waals surface area contributed by atoms with Crippen LogP contribution in [0, 0.1) is 23.7 Å². The number of esters is 4. The predicted molar refractivity (Wildman–Crippen MR) is 372 cm³/mol. The fourth-order valence-corrected chi connectivity index (χ4v) is 12.6. The van der Waals surface area contributed by atoms with Gasteiger partial charge in [-0.15, -0.1) is 0 Å². The number of phosphoric acid groups is 2. The van der Waals surface area contributed by atoms with Crippen molar-refractivity contribution < 1.29 is 80.2 Å². The maximum absolute atomic E-state index is 13.1. The van der Waals surface area contributed by atoms with E-state index in [1.165, 1.54) is 161 Å². The zero-order chi connectivity index (χ0) is 68.2. The molecule has 92 heavy (non-hydrogen) atoms. The average molecular weight is 1350 g/mol. The van der Waals surface area contributed by atoms with Crippen molar-refractivity contribution in [3.05, 3.63) is 0 Å². The van der Waals surface area contributed by atoms with Gasteiger partial charge in [-0.1, -0.05) is 312 Å². The molecule has 0 aromatic heterocycles. The van der Waals surface area contributed by atoms with Crippen LogP contribution in [0.25, 0.3) is 0 Å². The molecule has 17 nitrogen and oxygen atoms in total. The van der Waals surface area contributed by atoms with Crippen LogP contribution in [0.1, 0.15) is 364 Å². The van der Waals surface area contributed by atoms with Crippen LogP contribution >= 0.6 is 15.6 Å². The molecule has 0 radical (unpaired) electrons. The van der Waals surface area contributed by atoms with Gasteiger partial charge in [-0.3, -0.25) is 37.3 Å². The number of unbranched alkanes of at least 4 members (excludes halogenated alkanes) is 35. The molecule has 0 saturated carbocycles. The summed E-state index contributed by atoms with van der Waals surface area (Å²) in [5, 5.41) is 10.6. The highest BCUT2D eigenvalue weighted by Crippen LogP contribution is 2.45. The van der Waals surface area contributed by atoms with Crippen LogP contribution in [0.3, 0.4) is 0 Å². The second-order valence-electron chi connectivity index (χ2n) is 28.0. The molecule has 6 atom stereocenters. The number of rotatable bonds is 70. The van der Waals surface area contributed by atoms with Gasteiger partial charge in [0.15, 0.2) is 12.2 Å². The highest BCUT2D eigenvalue weighted by Gasteiger charge is 2.30. The largest absolute Gasteiger partial charge is 0.472 e. The van der Waals surface area contributed by atoms with Gasteiger partial charge in [0.1, 0.15) is 19.3 Å². The lowest BCUT2D eigenvalue weighted by molar-refractivity contribution is -0.161. The standard InChI is InChI=1S/C73H142O17P2/c1-9-66(8)52-44-36-27-21-18-19-22-28-37-45-53-70(75)83-59-68(89-72(77)55-47-39-29-23-17-15-13-11-10-12-14-16-20-25-33-41-49-63(2)3)61-87-91(79,80)85-57-67(74)58-86-92(81,82)88-62-69(60-84-71(76)54-46-38-32-31-35-43-51-65(6)7)90-73(78)56-48-40-30-24-26-34-42-50-64(4)5/h63-69,74H,9-62H2,1-8H3,(H,79,80)(H,81,82)/t66?,67-,68-,69-/m1/s1. The summed E-state index contributed by atoms with van der Waals surface area (Å²) in [6, 6.07) is 0. The maximum atomic E-state index is 13.1. The lowest BCUT2D eigenvalue weighted by Gasteiger charge is -2.21. The Kier molecular flexibility index (Phi) is 61.3. The van der Waals surface area contributed by atoms with E-state index in [1.807, 2.05) is 0 Å². The molecule has 546 valence electrons. The Hall–Kier alpha value is -1.94. The number of phosphoric ester groups is 2. The molecule has 0 bridgehead atoms. The molecule has 0 aromatic carbocycles. The number of carbonyl (C=O) groups is 4. The second-order valence-corrected chi connectivity index (χ2v) is 30.9. The fourth-order valence-electron chi connectivity index (χ4n) is 11.0. The van der Waals surface area contributed by atoms with Crippen LogP contribution < -0.4 is 0 Å². The Morgan fingerprint density at radius 2 is 0.522 bits per heavy atom. The first-order valence-electron chi connectivity index (χ1n) is 37.7. The topological polar surface area (TPSA) is 237 Å². The molecule has 0 rings (SSSR count). The first kappa shape index (κ1) is 90.1. The van der Waals surface area contributed by atoms with Gasteiger partial charge in [0.2, 0.25) is 0 Å². The van der Waals surface area contributed by atoms with Crippen molar-refractivity contribution in [3.63, 3.8) is 0 Å². The van der Waals surface area contributed by atoms with Crippen LogP contribution in [0.2, 0.25) is 0 Å². The van der Waals surface area contributed by atoms with Crippen molar-refractivity contribution in [2.75, 3.05) is 39.6 Å². The number of ether oxygens (including phenoxy) is 4. The molecule has 3 N–H and O–H groups in total. The molecule has 3 unspecified atom stereocenters. The summed E-state index contributed by atoms with van der Waals surface area (Å²) in [5.74, 6) is 0.865. The zero-order valence-electron chi connectivity index (χ0n) is 60.2. The van der Waals surface area contributed by atoms with Crippen LogP contribution in [0.5, 0.6) is 0 Å². The summed E-state index contributed by atoms with van der Waals surface area (Å²) < 4.78 is 68.3. The number of aliphatic hydroxyl groups is 1. The van der Waals surface area contributed by atoms with Crippen LogP contribution in [-0.4, -0.2) is 96.7 Å². The van der Waals surface area contributed by atoms with Gasteiger partial charge in [0, 0.05) is 25.7 Å². The molecule has 0 aliphatic carbocycles. The minimum absolute atomic E-state index is 0.102. The Balaban J connectivity index is 5.22. The first-order valence-corrected chi connectivity index (χ1v) is 40.7. The van der Waals surface area contributed by atoms with E-state index in [9.17, 15) is 43.2 Å². The molecule has 0 fully saturated rings. The van der Waals surface area contributed by atoms with Gasteiger partial charge in [0.25, 0.3) is 0 Å². The van der Waals surface area contributed by atoms with E-state index in [1.54, 1.807) is 0 Å². The summed E-state index contributed by atoms with van der Waals surface area (Å²) >= 11 is 0. The van der Waals surface area contributed by atoms with E-state index in [0.29, 0.717) is 37.5 Å². The van der Waals surface area contributed by atoms with Crippen LogP contribution in [0.4, 0.5) is 0 Å². The normalized spacial score (nSPS) is 14.5. The molecule has 0 saturated heterocycles. The Labute approximate surface area is 562 Å². The molecule has 0 amide bonds. The average Bonchev–Trinajstić information content (AvgIpc) is 1.48. The first-order chi connectivity index (χ1) is 44.1. The fraction of sp³-hybridized carbons (Fsp3) is 0.945. The maximum Gasteiger partial charge on any atom is 0.472 e. The summed E-state index contributed by atoms with van der Waals surface area (Å²) in [6.45, 7) is 14.1. The molecular formula is C73H142O17P2. The minimum Gasteiger partial charge on any atom is -0.462 e. The lowest BCUT2D eigenvalue weighted by Crippen LogP contribution is -2.30. The monoisotopic (exact) mass is 1350 g/mol. The van der Waals surface area contributed by atoms with Gasteiger partial charge < -0.3 is 33.8 Å². The quantitative estimate of drug-likeness (QED) is 0.0222. The van der Waals surface area contributed by atoms with Gasteiger partial charge >= 0.3 is 39.5 Å². The van der Waals surface area contributed by atoms with Crippen molar-refractivity contribution in [2.24, 2.45) is 23.7 Å². The third-order valence-corrected chi connectivity index (χ3v) is 19.1. The van der Waals surface area contributed by atoms with E-state index >= 15 is 0 Å². The number of hydrogen-bond donors (Lipinski definition) is 3. The summed E-state index contributed by atoms with van der Waals surface area (Å²) in [5.41, 5.74) is 0. The van der Waals surface area contributed by atoms with Crippen molar-refractivity contribution in [1.82, 2.24) is 0 Å². The van der Waals surface area contributed by atoms with E-state index in [-0.39, 0.29) is 25.7 Å². The van der Waals surface area contributed by atoms with Gasteiger partial charge in [-0.25, -0.2) is 9.13 Å². The summed E-state index contributed by atoms with van der Waals surface area (Å²) in [7, 11) is -9.91. The minimum atomic E-state index is -4.96. The van der Waals surface area contributed by atoms with Gasteiger partial charge in [-0.05, 0) is 49.4 Å². The third kappa shape index (κ3) is 65.4. The van der Waals surface area contributed by atoms with E-state index in [2.05, 4.69) is 55.4 Å². The highest BCUT2D eigenvalue weighted by molar-refractivity contribution is 7.47. The van der Waals surface area contributed by atoms with Crippen LogP contribution in [-0.2, 0) is 65.4 Å². The zero-order valence-corrected chi connectivity index (χ0v) is 62.0. The van der Waals surface area contributed by atoms with Crippen molar-refractivity contribution in [2.45, 2.75) is 382 Å². The molecular weight excluding hydrogens is 1210 g/mol. The smallest absolute Gasteiger partial charge is 0.462 e. The van der Waals surface area contributed by atoms with Crippen molar-refractivity contribution in [3.8, 4) is 0 Å². The molecule has 0 aromatic rings. The number of hydrogen-bond acceptors (Lipinski definition) is 15. The summed E-state index contributed by atoms with van der Waals surface area (Å²) in [4.78, 5) is 72.6. The molecule has 19 heteroatoms. The SMILES string of the molecule is CCC(C)CCCCCCCCCCCCC(=O)OC[C@H](COP(=O)(O)OC[C@@H](O)COP(=O)(O)OC[C@@H](COC(=O)CCCCCCCCC(C)C)OC(=O)CCCCCCCCCC(C)C)OC(=O)CCCCCCCCCCCCCCCCCCC(C)C. The third-order valence-electron chi connectivity index (χ3n) is 17.2. The molecule has 0 spiro atoms. The highest BCUT2D eigenvalue weighted by atomic mass is 31.2. The molecule has 0 aliphatic heterocycles. The van der Waals surface area contributed by atoms with E-state index in [0.717, 1.165) is 108 Å². The molecule has 0 aliphatic rings.